The largest absolute Gasteiger partial charge is 0.360 e. The zero-order valence-electron chi connectivity index (χ0n) is 10.6. The van der Waals surface area contributed by atoms with Crippen molar-refractivity contribution in [2.45, 2.75) is 6.54 Å². The lowest BCUT2D eigenvalue weighted by Gasteiger charge is -2.04. The Balaban J connectivity index is 2.15. The Morgan fingerprint density at radius 1 is 1.33 bits per heavy atom. The number of nitrogens with one attached hydrogen (secondary N) is 2. The van der Waals surface area contributed by atoms with Gasteiger partial charge in [0.15, 0.2) is 0 Å². The first-order valence-corrected chi connectivity index (χ1v) is 6.03. The predicted molar refractivity (Wildman–Crippen MR) is 73.3 cm³/mol. The van der Waals surface area contributed by atoms with Gasteiger partial charge in [-0.3, -0.25) is 0 Å². The van der Waals surface area contributed by atoms with Crippen LogP contribution in [0.3, 0.4) is 0 Å². The van der Waals surface area contributed by atoms with Gasteiger partial charge >= 0.3 is 0 Å². The van der Waals surface area contributed by atoms with Crippen molar-refractivity contribution in [2.24, 2.45) is 7.05 Å². The summed E-state index contributed by atoms with van der Waals surface area (Å²) in [5.74, 6) is 0.998. The number of hydrogen-bond donors (Lipinski definition) is 2. The van der Waals surface area contributed by atoms with Crippen LogP contribution in [-0.4, -0.2) is 21.6 Å². The Morgan fingerprint density at radius 2 is 2.17 bits per heavy atom. The van der Waals surface area contributed by atoms with Crippen molar-refractivity contribution in [3.8, 4) is 11.4 Å². The molecule has 0 aliphatic heterocycles. The van der Waals surface area contributed by atoms with Crippen molar-refractivity contribution < 1.29 is 0 Å². The molecule has 0 saturated heterocycles. The first-order chi connectivity index (χ1) is 8.81. The highest BCUT2D eigenvalue weighted by atomic mass is 15.1. The zero-order chi connectivity index (χ0) is 12.5. The smallest absolute Gasteiger partial charge is 0.142 e. The van der Waals surface area contributed by atoms with Crippen LogP contribution in [0.2, 0.25) is 0 Å². The summed E-state index contributed by atoms with van der Waals surface area (Å²) in [5.41, 5.74) is 3.47. The monoisotopic (exact) mass is 240 g/mol. The second kappa shape index (κ2) is 4.31. The number of aromatic nitrogens is 3. The van der Waals surface area contributed by atoms with E-state index in [9.17, 15) is 0 Å². The summed E-state index contributed by atoms with van der Waals surface area (Å²) < 4.78 is 2.13. The van der Waals surface area contributed by atoms with Gasteiger partial charge < -0.3 is 14.9 Å². The van der Waals surface area contributed by atoms with Gasteiger partial charge in [-0.15, -0.1) is 0 Å². The molecule has 4 nitrogen and oxygen atoms in total. The van der Waals surface area contributed by atoms with Gasteiger partial charge in [-0.2, -0.15) is 0 Å². The summed E-state index contributed by atoms with van der Waals surface area (Å²) in [5, 5.41) is 4.36. The van der Waals surface area contributed by atoms with E-state index in [-0.39, 0.29) is 0 Å². The minimum atomic E-state index is 0.825. The van der Waals surface area contributed by atoms with Crippen molar-refractivity contribution in [3.63, 3.8) is 0 Å². The standard InChI is InChI=1S/C14H16N4/c1-15-7-10-8-17-14(18(10)2)12-9-16-13-6-4-3-5-11(12)13/h3-6,8-9,15-16H,7H2,1-2H3. The van der Waals surface area contributed by atoms with Gasteiger partial charge in [0.25, 0.3) is 0 Å². The molecule has 2 aromatic heterocycles. The van der Waals surface area contributed by atoms with Crippen LogP contribution in [0.5, 0.6) is 0 Å². The van der Waals surface area contributed by atoms with Gasteiger partial charge in [0.1, 0.15) is 5.82 Å². The van der Waals surface area contributed by atoms with Crippen molar-refractivity contribution in [2.75, 3.05) is 7.05 Å². The molecule has 0 saturated carbocycles. The number of imidazole rings is 1. The van der Waals surface area contributed by atoms with Crippen LogP contribution in [0, 0.1) is 0 Å². The Hall–Kier alpha value is -2.07. The van der Waals surface area contributed by atoms with Crippen LogP contribution in [-0.2, 0) is 13.6 Å². The van der Waals surface area contributed by atoms with Crippen molar-refractivity contribution >= 4 is 10.9 Å². The Morgan fingerprint density at radius 3 is 3.00 bits per heavy atom. The fourth-order valence-corrected chi connectivity index (χ4v) is 2.30. The summed E-state index contributed by atoms with van der Waals surface area (Å²) in [6.45, 7) is 0.825. The second-order valence-electron chi connectivity index (χ2n) is 4.41. The average molecular weight is 240 g/mol. The van der Waals surface area contributed by atoms with E-state index in [1.165, 1.54) is 11.1 Å². The van der Waals surface area contributed by atoms with Crippen LogP contribution in [0.4, 0.5) is 0 Å². The lowest BCUT2D eigenvalue weighted by atomic mass is 10.1. The van der Waals surface area contributed by atoms with Gasteiger partial charge in [0.05, 0.1) is 11.9 Å². The lowest BCUT2D eigenvalue weighted by molar-refractivity contribution is 0.738. The van der Waals surface area contributed by atoms with E-state index < -0.39 is 0 Å². The molecule has 18 heavy (non-hydrogen) atoms. The zero-order valence-corrected chi connectivity index (χ0v) is 10.6. The van der Waals surface area contributed by atoms with E-state index in [1.54, 1.807) is 0 Å². The van der Waals surface area contributed by atoms with Gasteiger partial charge in [0.2, 0.25) is 0 Å². The molecule has 1 aromatic carbocycles. The highest BCUT2D eigenvalue weighted by molar-refractivity contribution is 5.93. The normalized spacial score (nSPS) is 11.2. The Kier molecular flexibility index (Phi) is 2.64. The predicted octanol–water partition coefficient (Wildman–Crippen LogP) is 2.29. The first-order valence-electron chi connectivity index (χ1n) is 6.03. The molecule has 3 aromatic rings. The lowest BCUT2D eigenvalue weighted by Crippen LogP contribution is -2.09. The van der Waals surface area contributed by atoms with Crippen LogP contribution >= 0.6 is 0 Å². The second-order valence-corrected chi connectivity index (χ2v) is 4.41. The molecule has 4 heteroatoms. The Labute approximate surface area is 106 Å². The molecule has 2 heterocycles. The van der Waals surface area contributed by atoms with Crippen molar-refractivity contribution in [3.05, 3.63) is 42.4 Å². The molecule has 3 rings (SSSR count). The van der Waals surface area contributed by atoms with Crippen LogP contribution in [0.25, 0.3) is 22.3 Å². The summed E-state index contributed by atoms with van der Waals surface area (Å²) in [6.07, 6.45) is 3.95. The first kappa shape index (κ1) is 11.0. The van der Waals surface area contributed by atoms with Crippen LogP contribution < -0.4 is 5.32 Å². The number of aromatic amines is 1. The molecule has 0 aliphatic rings. The number of nitrogens with zero attached hydrogens (tertiary/aromatic N) is 2. The molecular formula is C14H16N4. The van der Waals surface area contributed by atoms with E-state index in [1.807, 2.05) is 25.5 Å². The highest BCUT2D eigenvalue weighted by Crippen LogP contribution is 2.27. The minimum absolute atomic E-state index is 0.825. The maximum Gasteiger partial charge on any atom is 0.142 e. The molecule has 0 radical (unpaired) electrons. The average Bonchev–Trinajstić information content (AvgIpc) is 2.95. The molecule has 2 N–H and O–H groups in total. The Bertz CT molecular complexity index is 678. The van der Waals surface area contributed by atoms with Crippen LogP contribution in [0.15, 0.2) is 36.7 Å². The quantitative estimate of drug-likeness (QED) is 0.737. The molecule has 0 fully saturated rings. The number of H-pyrrole nitrogens is 1. The third-order valence-corrected chi connectivity index (χ3v) is 3.27. The van der Waals surface area contributed by atoms with E-state index in [2.05, 4.69) is 45.1 Å². The van der Waals surface area contributed by atoms with Gasteiger partial charge in [-0.05, 0) is 13.1 Å². The van der Waals surface area contributed by atoms with Gasteiger partial charge in [-0.25, -0.2) is 4.98 Å². The topological polar surface area (TPSA) is 45.6 Å². The molecule has 0 bridgehead atoms. The van der Waals surface area contributed by atoms with E-state index in [0.29, 0.717) is 0 Å². The minimum Gasteiger partial charge on any atom is -0.360 e. The molecule has 0 unspecified atom stereocenters. The number of rotatable bonds is 3. The third-order valence-electron chi connectivity index (χ3n) is 3.27. The molecule has 0 atom stereocenters. The number of hydrogen-bond acceptors (Lipinski definition) is 2. The summed E-state index contributed by atoms with van der Waals surface area (Å²) in [6, 6.07) is 8.29. The maximum atomic E-state index is 4.53. The molecular weight excluding hydrogens is 224 g/mol. The SMILES string of the molecule is CNCc1cnc(-c2c[nH]c3ccccc23)n1C. The molecule has 0 aliphatic carbocycles. The van der Waals surface area contributed by atoms with Crippen molar-refractivity contribution in [1.29, 1.82) is 0 Å². The summed E-state index contributed by atoms with van der Waals surface area (Å²) >= 11 is 0. The number of fused-ring (bicyclic) bond motifs is 1. The van der Waals surface area contributed by atoms with Crippen LogP contribution in [0.1, 0.15) is 5.69 Å². The summed E-state index contributed by atoms with van der Waals surface area (Å²) in [7, 11) is 4.00. The third kappa shape index (κ3) is 1.62. The summed E-state index contributed by atoms with van der Waals surface area (Å²) in [4.78, 5) is 7.82. The highest BCUT2D eigenvalue weighted by Gasteiger charge is 2.12. The maximum absolute atomic E-state index is 4.53. The molecule has 0 amide bonds. The molecule has 0 spiro atoms. The van der Waals surface area contributed by atoms with E-state index in [0.717, 1.165) is 23.4 Å². The number of para-hydroxylation sites is 1. The number of benzene rings is 1. The fourth-order valence-electron chi connectivity index (χ4n) is 2.30. The van der Waals surface area contributed by atoms with E-state index in [4.69, 9.17) is 0 Å². The van der Waals surface area contributed by atoms with Gasteiger partial charge in [-0.1, -0.05) is 18.2 Å². The fraction of sp³-hybridized carbons (Fsp3) is 0.214. The van der Waals surface area contributed by atoms with Crippen molar-refractivity contribution in [1.82, 2.24) is 19.9 Å². The molecule has 92 valence electrons. The van der Waals surface area contributed by atoms with Gasteiger partial charge in [0, 0.05) is 36.3 Å². The van der Waals surface area contributed by atoms with E-state index >= 15 is 0 Å².